The number of tetrazole rings is 1. The third kappa shape index (κ3) is 2.76. The van der Waals surface area contributed by atoms with Crippen molar-refractivity contribution in [1.82, 2.24) is 20.2 Å². The molecule has 0 radical (unpaired) electrons. The number of carbonyl (C=O) groups excluding carboxylic acids is 2. The van der Waals surface area contributed by atoms with Crippen LogP contribution in [0, 0.1) is 5.82 Å². The van der Waals surface area contributed by atoms with Crippen LogP contribution >= 0.6 is 0 Å². The molecule has 0 amide bonds. The fourth-order valence-electron chi connectivity index (χ4n) is 2.88. The van der Waals surface area contributed by atoms with E-state index in [-0.39, 0.29) is 23.0 Å². The van der Waals surface area contributed by atoms with Gasteiger partial charge in [0.05, 0.1) is 18.9 Å². The monoisotopic (exact) mass is 369 g/mol. The molecule has 0 saturated heterocycles. The molecule has 0 saturated carbocycles. The first-order valence-corrected chi connectivity index (χ1v) is 7.81. The lowest BCUT2D eigenvalue weighted by atomic mass is 9.91. The van der Waals surface area contributed by atoms with Crippen molar-refractivity contribution in [3.63, 3.8) is 0 Å². The zero-order valence-electron chi connectivity index (χ0n) is 13.9. The zero-order chi connectivity index (χ0) is 19.0. The maximum absolute atomic E-state index is 13.4. The van der Waals surface area contributed by atoms with Gasteiger partial charge < -0.3 is 14.5 Å². The van der Waals surface area contributed by atoms with Crippen LogP contribution in [0.2, 0.25) is 0 Å². The minimum Gasteiger partial charge on any atom is -0.464 e. The number of halogens is 1. The third-order valence-electron chi connectivity index (χ3n) is 4.08. The SMILES string of the molecule is COC(=O)C1=C(C(=O)c2ccco2)C(c2ccc(F)cc2)n2nnnc2N1. The van der Waals surface area contributed by atoms with Crippen molar-refractivity contribution in [1.29, 1.82) is 0 Å². The number of rotatable bonds is 4. The van der Waals surface area contributed by atoms with Crippen LogP contribution in [-0.4, -0.2) is 39.1 Å². The highest BCUT2D eigenvalue weighted by molar-refractivity contribution is 6.13. The molecule has 10 heteroatoms. The average Bonchev–Trinajstić information content (AvgIpc) is 3.37. The second-order valence-electron chi connectivity index (χ2n) is 5.61. The van der Waals surface area contributed by atoms with E-state index in [4.69, 9.17) is 9.15 Å². The second kappa shape index (κ2) is 6.48. The van der Waals surface area contributed by atoms with Crippen LogP contribution < -0.4 is 5.32 Å². The van der Waals surface area contributed by atoms with Gasteiger partial charge >= 0.3 is 5.97 Å². The molecule has 1 aromatic carbocycles. The number of furan rings is 1. The molecule has 0 bridgehead atoms. The minimum atomic E-state index is -0.886. The van der Waals surface area contributed by atoms with Crippen LogP contribution in [0.3, 0.4) is 0 Å². The second-order valence-corrected chi connectivity index (χ2v) is 5.61. The van der Waals surface area contributed by atoms with E-state index in [1.807, 2.05) is 0 Å². The molecule has 0 aliphatic carbocycles. The number of aromatic nitrogens is 4. The van der Waals surface area contributed by atoms with Crippen LogP contribution in [0.25, 0.3) is 0 Å². The molecule has 1 aliphatic rings. The smallest absolute Gasteiger partial charge is 0.355 e. The molecule has 1 aliphatic heterocycles. The molecule has 2 aromatic heterocycles. The first-order valence-electron chi connectivity index (χ1n) is 7.81. The number of hydrogen-bond donors (Lipinski definition) is 1. The average molecular weight is 369 g/mol. The maximum Gasteiger partial charge on any atom is 0.355 e. The van der Waals surface area contributed by atoms with E-state index >= 15 is 0 Å². The summed E-state index contributed by atoms with van der Waals surface area (Å²) < 4.78 is 24.7. The van der Waals surface area contributed by atoms with E-state index in [1.165, 1.54) is 48.4 Å². The number of esters is 1. The van der Waals surface area contributed by atoms with Crippen molar-refractivity contribution in [2.45, 2.75) is 6.04 Å². The van der Waals surface area contributed by atoms with E-state index in [9.17, 15) is 14.0 Å². The Labute approximate surface area is 151 Å². The third-order valence-corrected chi connectivity index (χ3v) is 4.08. The summed E-state index contributed by atoms with van der Waals surface area (Å²) in [6.45, 7) is 0. The molecule has 9 nitrogen and oxygen atoms in total. The van der Waals surface area contributed by atoms with E-state index < -0.39 is 23.6 Å². The standard InChI is InChI=1S/C17H12FN5O4/c1-26-16(25)13-12(15(24)11-3-2-8-27-11)14(9-4-6-10(18)7-5-9)23-17(19-13)20-21-22-23/h2-8,14H,1H3,(H,19,20,22). The van der Waals surface area contributed by atoms with Crippen LogP contribution in [0.15, 0.2) is 58.3 Å². The van der Waals surface area contributed by atoms with Crippen molar-refractivity contribution in [3.05, 3.63) is 71.1 Å². The van der Waals surface area contributed by atoms with Gasteiger partial charge in [-0.3, -0.25) is 4.79 Å². The summed E-state index contributed by atoms with van der Waals surface area (Å²) in [6, 6.07) is 7.60. The van der Waals surface area contributed by atoms with Gasteiger partial charge in [0, 0.05) is 0 Å². The number of carbonyl (C=O) groups is 2. The lowest BCUT2D eigenvalue weighted by molar-refractivity contribution is -0.136. The molecule has 4 rings (SSSR count). The van der Waals surface area contributed by atoms with Gasteiger partial charge in [0.15, 0.2) is 5.76 Å². The summed E-state index contributed by atoms with van der Waals surface area (Å²) in [4.78, 5) is 25.5. The van der Waals surface area contributed by atoms with Gasteiger partial charge in [-0.1, -0.05) is 17.2 Å². The number of fused-ring (bicyclic) bond motifs is 1. The fourth-order valence-corrected chi connectivity index (χ4v) is 2.88. The highest BCUT2D eigenvalue weighted by atomic mass is 19.1. The van der Waals surface area contributed by atoms with Crippen LogP contribution in [0.5, 0.6) is 0 Å². The van der Waals surface area contributed by atoms with E-state index in [0.29, 0.717) is 5.56 Å². The summed E-state index contributed by atoms with van der Waals surface area (Å²) in [5.41, 5.74) is 0.404. The molecule has 3 aromatic rings. The number of methoxy groups -OCH3 is 1. The van der Waals surface area contributed by atoms with Gasteiger partial charge in [0.1, 0.15) is 17.6 Å². The Hall–Kier alpha value is -3.82. The number of hydrogen-bond acceptors (Lipinski definition) is 8. The Morgan fingerprint density at radius 2 is 2.04 bits per heavy atom. The molecule has 1 N–H and O–H groups in total. The highest BCUT2D eigenvalue weighted by Gasteiger charge is 2.39. The highest BCUT2D eigenvalue weighted by Crippen LogP contribution is 2.36. The summed E-state index contributed by atoms with van der Waals surface area (Å²) in [7, 11) is 1.19. The first kappa shape index (κ1) is 16.6. The molecule has 0 spiro atoms. The first-order chi connectivity index (χ1) is 13.1. The molecule has 1 unspecified atom stereocenters. The number of benzene rings is 1. The Balaban J connectivity index is 1.95. The largest absolute Gasteiger partial charge is 0.464 e. The molecule has 0 fully saturated rings. The predicted octanol–water partition coefficient (Wildman–Crippen LogP) is 1.73. The Kier molecular flexibility index (Phi) is 3.99. The summed E-state index contributed by atoms with van der Waals surface area (Å²) in [5.74, 6) is -1.60. The van der Waals surface area contributed by atoms with Crippen molar-refractivity contribution in [2.24, 2.45) is 0 Å². The lowest BCUT2D eigenvalue weighted by Crippen LogP contribution is -2.32. The quantitative estimate of drug-likeness (QED) is 0.547. The Morgan fingerprint density at radius 3 is 2.70 bits per heavy atom. The van der Waals surface area contributed by atoms with Gasteiger partial charge in [-0.15, -0.1) is 0 Å². The van der Waals surface area contributed by atoms with Gasteiger partial charge in [-0.2, -0.15) is 4.68 Å². The molecule has 136 valence electrons. The molecular formula is C17H12FN5O4. The number of ketones is 1. The van der Waals surface area contributed by atoms with Gasteiger partial charge in [0.25, 0.3) is 0 Å². The summed E-state index contributed by atoms with van der Waals surface area (Å²) >= 11 is 0. The summed E-state index contributed by atoms with van der Waals surface area (Å²) in [6.07, 6.45) is 1.34. The molecular weight excluding hydrogens is 357 g/mol. The van der Waals surface area contributed by atoms with Crippen molar-refractivity contribution in [2.75, 3.05) is 12.4 Å². The number of nitrogens with zero attached hydrogens (tertiary/aromatic N) is 4. The van der Waals surface area contributed by atoms with Gasteiger partial charge in [-0.05, 0) is 40.3 Å². The number of nitrogens with one attached hydrogen (secondary N) is 1. The number of anilines is 1. The topological polar surface area (TPSA) is 112 Å². The number of allylic oxidation sites excluding steroid dienone is 1. The van der Waals surface area contributed by atoms with E-state index in [1.54, 1.807) is 6.07 Å². The van der Waals surface area contributed by atoms with Crippen LogP contribution in [-0.2, 0) is 9.53 Å². The number of Topliss-reactive ketones (excluding diaryl/α,β-unsaturated/α-hetero) is 1. The Morgan fingerprint density at radius 1 is 1.26 bits per heavy atom. The summed E-state index contributed by atoms with van der Waals surface area (Å²) in [5, 5.41) is 14.0. The van der Waals surface area contributed by atoms with E-state index in [0.717, 1.165) is 0 Å². The van der Waals surface area contributed by atoms with Gasteiger partial charge in [-0.25, -0.2) is 9.18 Å². The zero-order valence-corrected chi connectivity index (χ0v) is 13.9. The maximum atomic E-state index is 13.4. The van der Waals surface area contributed by atoms with E-state index in [2.05, 4.69) is 20.8 Å². The van der Waals surface area contributed by atoms with Gasteiger partial charge in [0.2, 0.25) is 11.7 Å². The fraction of sp³-hybridized carbons (Fsp3) is 0.118. The number of ether oxygens (including phenoxy) is 1. The normalized spacial score (nSPS) is 15.9. The molecule has 1 atom stereocenters. The predicted molar refractivity (Wildman–Crippen MR) is 88.1 cm³/mol. The molecule has 27 heavy (non-hydrogen) atoms. The van der Waals surface area contributed by atoms with Crippen molar-refractivity contribution in [3.8, 4) is 0 Å². The van der Waals surface area contributed by atoms with Crippen LogP contribution in [0.4, 0.5) is 10.3 Å². The van der Waals surface area contributed by atoms with Crippen molar-refractivity contribution < 1.29 is 23.1 Å². The van der Waals surface area contributed by atoms with Crippen LogP contribution in [0.1, 0.15) is 22.2 Å². The molecule has 3 heterocycles. The Bertz CT molecular complexity index is 1040. The van der Waals surface area contributed by atoms with Crippen molar-refractivity contribution >= 4 is 17.7 Å². The minimum absolute atomic E-state index is 0.0169. The lowest BCUT2D eigenvalue weighted by Gasteiger charge is -2.27.